The van der Waals surface area contributed by atoms with Crippen LogP contribution in [-0.2, 0) is 36.2 Å². The number of aliphatic hydroxyl groups is 1. The molecule has 0 spiro atoms. The maximum atomic E-state index is 11.8. The molecule has 0 bridgehead atoms. The predicted octanol–water partition coefficient (Wildman–Crippen LogP) is -4.16. The lowest BCUT2D eigenvalue weighted by molar-refractivity contribution is -0.115. The number of aliphatic hydroxyl groups excluding tert-OH is 1. The van der Waals surface area contributed by atoms with Gasteiger partial charge in [-0.3, -0.25) is 9.00 Å². The van der Waals surface area contributed by atoms with E-state index in [0.29, 0.717) is 13.7 Å². The summed E-state index contributed by atoms with van der Waals surface area (Å²) in [5, 5.41) is 9.75. The fraction of sp³-hybridized carbons (Fsp3) is 0.600. The molecule has 0 aliphatic heterocycles. The van der Waals surface area contributed by atoms with Gasteiger partial charge in [0, 0.05) is 24.9 Å². The molecule has 1 rings (SSSR count). The van der Waals surface area contributed by atoms with Crippen LogP contribution in [0.4, 0.5) is 0 Å². The van der Waals surface area contributed by atoms with E-state index in [4.69, 9.17) is 5.73 Å². The van der Waals surface area contributed by atoms with Gasteiger partial charge in [0.05, 0.1) is 18.4 Å². The van der Waals surface area contributed by atoms with Crippen molar-refractivity contribution in [2.75, 3.05) is 11.5 Å². The summed E-state index contributed by atoms with van der Waals surface area (Å²) >= 11 is 0. The van der Waals surface area contributed by atoms with E-state index in [1.165, 1.54) is 14.1 Å². The third-order valence-corrected chi connectivity index (χ3v) is 4.05. The topological polar surface area (TPSA) is 146 Å². The van der Waals surface area contributed by atoms with Crippen LogP contribution in [0.3, 0.4) is 0 Å². The standard InChI is InChI=1S/C10H16N4O6S/c1-12-8(17)13(2)10(19)14(9(12)18)3-6(15)4-21(20)5-7(11)16/h6,15H,3-5H2,1-2H3,(H2,11,16). The van der Waals surface area contributed by atoms with Crippen LogP contribution in [0, 0.1) is 0 Å². The first-order valence-corrected chi connectivity index (χ1v) is 7.32. The highest BCUT2D eigenvalue weighted by Gasteiger charge is 2.17. The van der Waals surface area contributed by atoms with Crippen LogP contribution in [0.1, 0.15) is 0 Å². The fourth-order valence-electron chi connectivity index (χ4n) is 1.68. The summed E-state index contributed by atoms with van der Waals surface area (Å²) in [6, 6.07) is 0. The van der Waals surface area contributed by atoms with E-state index in [9.17, 15) is 28.5 Å². The molecule has 1 amide bonds. The zero-order valence-electron chi connectivity index (χ0n) is 11.5. The van der Waals surface area contributed by atoms with Crippen LogP contribution in [-0.4, -0.2) is 46.5 Å². The third-order valence-electron chi connectivity index (χ3n) is 2.68. The van der Waals surface area contributed by atoms with Gasteiger partial charge >= 0.3 is 17.1 Å². The van der Waals surface area contributed by atoms with Crippen LogP contribution < -0.4 is 22.8 Å². The predicted molar refractivity (Wildman–Crippen MR) is 74.3 cm³/mol. The van der Waals surface area contributed by atoms with E-state index in [2.05, 4.69) is 0 Å². The number of amides is 1. The van der Waals surface area contributed by atoms with E-state index >= 15 is 0 Å². The Balaban J connectivity index is 3.02. The average molecular weight is 320 g/mol. The molecule has 2 atom stereocenters. The molecule has 21 heavy (non-hydrogen) atoms. The molecule has 0 aliphatic carbocycles. The lowest BCUT2D eigenvalue weighted by Crippen LogP contribution is -2.54. The molecule has 1 aromatic rings. The van der Waals surface area contributed by atoms with Crippen LogP contribution in [0.15, 0.2) is 14.4 Å². The largest absolute Gasteiger partial charge is 0.390 e. The fourth-order valence-corrected chi connectivity index (χ4v) is 2.65. The van der Waals surface area contributed by atoms with Gasteiger partial charge in [0.1, 0.15) is 5.75 Å². The number of nitrogens with two attached hydrogens (primary N) is 1. The van der Waals surface area contributed by atoms with Crippen LogP contribution in [0.2, 0.25) is 0 Å². The van der Waals surface area contributed by atoms with Crippen molar-refractivity contribution in [2.45, 2.75) is 12.6 Å². The first-order chi connectivity index (χ1) is 9.65. The van der Waals surface area contributed by atoms with Crippen molar-refractivity contribution in [2.24, 2.45) is 19.8 Å². The molecular weight excluding hydrogens is 304 g/mol. The number of aromatic nitrogens is 3. The maximum Gasteiger partial charge on any atom is 0.336 e. The van der Waals surface area contributed by atoms with Crippen molar-refractivity contribution in [3.8, 4) is 0 Å². The Morgan fingerprint density at radius 3 is 2.10 bits per heavy atom. The molecule has 0 aliphatic rings. The van der Waals surface area contributed by atoms with Gasteiger partial charge in [0.2, 0.25) is 5.91 Å². The lowest BCUT2D eigenvalue weighted by atomic mass is 10.4. The summed E-state index contributed by atoms with van der Waals surface area (Å²) in [6.45, 7) is -0.440. The summed E-state index contributed by atoms with van der Waals surface area (Å²) < 4.78 is 13.5. The van der Waals surface area contributed by atoms with E-state index in [-0.39, 0.29) is 5.75 Å². The zero-order chi connectivity index (χ0) is 16.3. The molecule has 3 N–H and O–H groups in total. The number of primary amides is 1. The van der Waals surface area contributed by atoms with E-state index in [1.807, 2.05) is 0 Å². The van der Waals surface area contributed by atoms with Crippen molar-refractivity contribution in [3.05, 3.63) is 31.5 Å². The summed E-state index contributed by atoms with van der Waals surface area (Å²) in [4.78, 5) is 45.7. The van der Waals surface area contributed by atoms with Gasteiger partial charge in [0.25, 0.3) is 0 Å². The molecule has 118 valence electrons. The maximum absolute atomic E-state index is 11.8. The minimum Gasteiger partial charge on any atom is -0.390 e. The van der Waals surface area contributed by atoms with Crippen molar-refractivity contribution in [1.29, 1.82) is 0 Å². The summed E-state index contributed by atoms with van der Waals surface area (Å²) in [7, 11) is 0.686. The van der Waals surface area contributed by atoms with Gasteiger partial charge in [-0.2, -0.15) is 0 Å². The molecule has 0 fully saturated rings. The normalized spacial score (nSPS) is 13.9. The number of carbonyl (C=O) groups excluding carboxylic acids is 1. The van der Waals surface area contributed by atoms with Crippen molar-refractivity contribution >= 4 is 16.7 Å². The van der Waals surface area contributed by atoms with Gasteiger partial charge in [-0.05, 0) is 0 Å². The number of rotatable bonds is 6. The molecule has 0 aromatic carbocycles. The number of carbonyl (C=O) groups is 1. The van der Waals surface area contributed by atoms with Gasteiger partial charge in [-0.25, -0.2) is 28.1 Å². The van der Waals surface area contributed by atoms with Crippen LogP contribution in [0.25, 0.3) is 0 Å². The molecule has 1 aromatic heterocycles. The molecular formula is C10H16N4O6S. The molecule has 0 saturated heterocycles. The number of hydrogen-bond acceptors (Lipinski definition) is 6. The Morgan fingerprint density at radius 1 is 1.19 bits per heavy atom. The minimum absolute atomic E-state index is 0.318. The van der Waals surface area contributed by atoms with Crippen molar-refractivity contribution < 1.29 is 14.1 Å². The van der Waals surface area contributed by atoms with Gasteiger partial charge < -0.3 is 10.8 Å². The van der Waals surface area contributed by atoms with E-state index in [0.717, 1.165) is 0 Å². The third kappa shape index (κ3) is 3.98. The Bertz CT molecular complexity index is 705. The summed E-state index contributed by atoms with van der Waals surface area (Å²) in [5.74, 6) is -1.52. The highest BCUT2D eigenvalue weighted by atomic mass is 32.2. The minimum atomic E-state index is -1.70. The summed E-state index contributed by atoms with van der Waals surface area (Å²) in [5.41, 5.74) is 2.31. The van der Waals surface area contributed by atoms with Crippen molar-refractivity contribution in [3.63, 3.8) is 0 Å². The highest BCUT2D eigenvalue weighted by Crippen LogP contribution is 1.92. The zero-order valence-corrected chi connectivity index (χ0v) is 12.3. The second kappa shape index (κ2) is 6.63. The second-order valence-electron chi connectivity index (χ2n) is 4.45. The van der Waals surface area contributed by atoms with Crippen LogP contribution >= 0.6 is 0 Å². The smallest absolute Gasteiger partial charge is 0.336 e. The molecule has 1 heterocycles. The van der Waals surface area contributed by atoms with E-state index in [1.54, 1.807) is 0 Å². The lowest BCUT2D eigenvalue weighted by Gasteiger charge is -2.13. The Labute approximate surface area is 120 Å². The Hall–Kier alpha value is -2.01. The quantitative estimate of drug-likeness (QED) is 0.544. The number of hydrogen-bond donors (Lipinski definition) is 2. The monoisotopic (exact) mass is 320 g/mol. The average Bonchev–Trinajstić information content (AvgIpc) is 2.38. The first-order valence-electron chi connectivity index (χ1n) is 5.83. The molecule has 11 heteroatoms. The highest BCUT2D eigenvalue weighted by molar-refractivity contribution is 7.85. The molecule has 10 nitrogen and oxygen atoms in total. The number of nitrogens with zero attached hydrogens (tertiary/aromatic N) is 3. The van der Waals surface area contributed by atoms with Crippen LogP contribution in [0.5, 0.6) is 0 Å². The summed E-state index contributed by atoms with van der Waals surface area (Å²) in [6.07, 6.45) is -1.30. The van der Waals surface area contributed by atoms with E-state index < -0.39 is 52.2 Å². The molecule has 2 unspecified atom stereocenters. The Morgan fingerprint density at radius 2 is 1.67 bits per heavy atom. The van der Waals surface area contributed by atoms with Crippen molar-refractivity contribution in [1.82, 2.24) is 13.7 Å². The van der Waals surface area contributed by atoms with Gasteiger partial charge in [-0.15, -0.1) is 0 Å². The first kappa shape index (κ1) is 17.0. The Kier molecular flexibility index (Phi) is 5.38. The van der Waals surface area contributed by atoms with Gasteiger partial charge in [0.15, 0.2) is 0 Å². The molecule has 0 radical (unpaired) electrons. The second-order valence-corrected chi connectivity index (χ2v) is 5.95. The van der Waals surface area contributed by atoms with Gasteiger partial charge in [-0.1, -0.05) is 0 Å². The SMILES string of the molecule is Cn1c(=O)n(C)c(=O)n(CC(O)CS(=O)CC(N)=O)c1=O. The molecule has 0 saturated carbocycles.